The first kappa shape index (κ1) is 16.4. The molecule has 0 fully saturated rings. The minimum absolute atomic E-state index is 0.0402. The maximum Gasteiger partial charge on any atom is 0.230 e. The molecule has 0 aromatic carbocycles. The van der Waals surface area contributed by atoms with Crippen LogP contribution in [0.3, 0.4) is 0 Å². The van der Waals surface area contributed by atoms with Crippen molar-refractivity contribution in [1.29, 1.82) is 0 Å². The quantitative estimate of drug-likeness (QED) is 0.723. The first-order valence-corrected chi connectivity index (χ1v) is 8.78. The van der Waals surface area contributed by atoms with Crippen LogP contribution in [-0.4, -0.2) is 30.6 Å². The van der Waals surface area contributed by atoms with E-state index in [1.165, 1.54) is 0 Å². The van der Waals surface area contributed by atoms with Crippen molar-refractivity contribution in [2.45, 2.75) is 32.4 Å². The van der Waals surface area contributed by atoms with Crippen LogP contribution in [0, 0.1) is 5.92 Å². The number of rotatable bonds is 4. The maximum absolute atomic E-state index is 13.4. The number of amides is 1. The van der Waals surface area contributed by atoms with Gasteiger partial charge in [0.25, 0.3) is 0 Å². The van der Waals surface area contributed by atoms with Crippen LogP contribution in [0.2, 0.25) is 0 Å². The van der Waals surface area contributed by atoms with Crippen molar-refractivity contribution in [2.24, 2.45) is 5.92 Å². The van der Waals surface area contributed by atoms with E-state index in [2.05, 4.69) is 20.2 Å². The zero-order chi connectivity index (χ0) is 17.8. The minimum Gasteiger partial charge on any atom is -0.318 e. The topological polar surface area (TPSA) is 76.8 Å². The Balaban J connectivity index is 1.57. The van der Waals surface area contributed by atoms with Gasteiger partial charge in [0.15, 0.2) is 0 Å². The largest absolute Gasteiger partial charge is 0.318 e. The second-order valence-corrected chi connectivity index (χ2v) is 6.46. The van der Waals surface area contributed by atoms with Gasteiger partial charge in [0.1, 0.15) is 12.2 Å². The van der Waals surface area contributed by atoms with Crippen LogP contribution in [0.5, 0.6) is 0 Å². The number of carbonyl (C=O) groups is 1. The molecule has 0 bridgehead atoms. The van der Waals surface area contributed by atoms with Crippen molar-refractivity contribution in [1.82, 2.24) is 24.7 Å². The number of pyridine rings is 2. The summed E-state index contributed by atoms with van der Waals surface area (Å²) in [4.78, 5) is 23.5. The standard InChI is InChI=1S/C19H20N6O/c26-19(16-3-4-18-23-22-14-24(18)11-7-16)25(17-5-9-20-10-6-17)13-15-2-1-8-21-12-15/h1-2,5-6,8-10,12,14,16H,3-4,7,11,13H2. The van der Waals surface area contributed by atoms with Crippen molar-refractivity contribution in [3.63, 3.8) is 0 Å². The van der Waals surface area contributed by atoms with Crippen LogP contribution < -0.4 is 4.90 Å². The molecule has 7 heteroatoms. The van der Waals surface area contributed by atoms with E-state index in [-0.39, 0.29) is 11.8 Å². The third-order valence-electron chi connectivity index (χ3n) is 4.78. The summed E-state index contributed by atoms with van der Waals surface area (Å²) in [6.07, 6.45) is 11.1. The summed E-state index contributed by atoms with van der Waals surface area (Å²) in [6, 6.07) is 7.63. The number of nitrogens with zero attached hydrogens (tertiary/aromatic N) is 6. The third kappa shape index (κ3) is 3.46. The molecule has 0 aliphatic carbocycles. The molecular weight excluding hydrogens is 328 g/mol. The lowest BCUT2D eigenvalue weighted by Crippen LogP contribution is -2.36. The molecule has 1 atom stereocenters. The average Bonchev–Trinajstić information content (AvgIpc) is 3.05. The van der Waals surface area contributed by atoms with Crippen LogP contribution >= 0.6 is 0 Å². The molecule has 0 N–H and O–H groups in total. The van der Waals surface area contributed by atoms with Gasteiger partial charge in [0, 0.05) is 49.4 Å². The monoisotopic (exact) mass is 348 g/mol. The Morgan fingerprint density at radius 3 is 2.85 bits per heavy atom. The summed E-state index contributed by atoms with van der Waals surface area (Å²) < 4.78 is 2.05. The lowest BCUT2D eigenvalue weighted by Gasteiger charge is -2.27. The molecule has 0 radical (unpaired) electrons. The van der Waals surface area contributed by atoms with Gasteiger partial charge in [-0.1, -0.05) is 6.07 Å². The van der Waals surface area contributed by atoms with Gasteiger partial charge in [0.05, 0.1) is 6.54 Å². The molecule has 0 saturated carbocycles. The van der Waals surface area contributed by atoms with Gasteiger partial charge in [0.2, 0.25) is 5.91 Å². The molecule has 4 rings (SSSR count). The van der Waals surface area contributed by atoms with E-state index in [9.17, 15) is 4.79 Å². The number of carbonyl (C=O) groups excluding carboxylic acids is 1. The lowest BCUT2D eigenvalue weighted by atomic mass is 9.98. The average molecular weight is 348 g/mol. The number of aromatic nitrogens is 5. The van der Waals surface area contributed by atoms with Crippen molar-refractivity contribution in [2.75, 3.05) is 4.90 Å². The van der Waals surface area contributed by atoms with E-state index in [1.807, 2.05) is 33.7 Å². The zero-order valence-corrected chi connectivity index (χ0v) is 14.4. The smallest absolute Gasteiger partial charge is 0.230 e. The molecule has 132 valence electrons. The molecule has 0 spiro atoms. The Kier molecular flexibility index (Phi) is 4.68. The molecule has 1 amide bonds. The maximum atomic E-state index is 13.4. The Morgan fingerprint density at radius 1 is 1.15 bits per heavy atom. The predicted octanol–water partition coefficient (Wildman–Crippen LogP) is 2.25. The fraction of sp³-hybridized carbons (Fsp3) is 0.316. The Labute approximate surface area is 151 Å². The van der Waals surface area contributed by atoms with E-state index in [0.717, 1.165) is 42.9 Å². The summed E-state index contributed by atoms with van der Waals surface area (Å²) >= 11 is 0. The van der Waals surface area contributed by atoms with Gasteiger partial charge >= 0.3 is 0 Å². The Hall–Kier alpha value is -3.09. The molecule has 0 saturated heterocycles. The Bertz CT molecular complexity index is 842. The van der Waals surface area contributed by atoms with E-state index in [1.54, 1.807) is 31.1 Å². The van der Waals surface area contributed by atoms with E-state index >= 15 is 0 Å². The lowest BCUT2D eigenvalue weighted by molar-refractivity contribution is -0.123. The number of fused-ring (bicyclic) bond motifs is 1. The highest BCUT2D eigenvalue weighted by Gasteiger charge is 2.28. The summed E-state index contributed by atoms with van der Waals surface area (Å²) in [7, 11) is 0. The van der Waals surface area contributed by atoms with Gasteiger partial charge in [-0.15, -0.1) is 10.2 Å². The van der Waals surface area contributed by atoms with Gasteiger partial charge < -0.3 is 9.47 Å². The van der Waals surface area contributed by atoms with E-state index < -0.39 is 0 Å². The second-order valence-electron chi connectivity index (χ2n) is 6.46. The van der Waals surface area contributed by atoms with Crippen LogP contribution in [0.1, 0.15) is 24.2 Å². The number of anilines is 1. The highest BCUT2D eigenvalue weighted by Crippen LogP contribution is 2.25. The molecule has 3 aromatic rings. The van der Waals surface area contributed by atoms with Crippen LogP contribution in [0.15, 0.2) is 55.4 Å². The molecule has 1 unspecified atom stereocenters. The van der Waals surface area contributed by atoms with Gasteiger partial charge in [-0.2, -0.15) is 0 Å². The molecule has 7 nitrogen and oxygen atoms in total. The normalized spacial score (nSPS) is 16.5. The minimum atomic E-state index is -0.0402. The number of hydrogen-bond acceptors (Lipinski definition) is 5. The van der Waals surface area contributed by atoms with Crippen molar-refractivity contribution in [3.05, 3.63) is 66.8 Å². The summed E-state index contributed by atoms with van der Waals surface area (Å²) in [5.41, 5.74) is 1.86. The van der Waals surface area contributed by atoms with Crippen molar-refractivity contribution < 1.29 is 4.79 Å². The zero-order valence-electron chi connectivity index (χ0n) is 14.4. The van der Waals surface area contributed by atoms with Crippen LogP contribution in [-0.2, 0) is 24.3 Å². The van der Waals surface area contributed by atoms with Crippen molar-refractivity contribution in [3.8, 4) is 0 Å². The second kappa shape index (κ2) is 7.43. The fourth-order valence-corrected chi connectivity index (χ4v) is 3.36. The fourth-order valence-electron chi connectivity index (χ4n) is 3.36. The first-order chi connectivity index (χ1) is 12.8. The summed E-state index contributed by atoms with van der Waals surface area (Å²) in [5.74, 6) is 1.06. The highest BCUT2D eigenvalue weighted by atomic mass is 16.2. The third-order valence-corrected chi connectivity index (χ3v) is 4.78. The van der Waals surface area contributed by atoms with Gasteiger partial charge in [-0.25, -0.2) is 0 Å². The summed E-state index contributed by atoms with van der Waals surface area (Å²) in [6.45, 7) is 1.27. The van der Waals surface area contributed by atoms with E-state index in [4.69, 9.17) is 0 Å². The molecule has 4 heterocycles. The molecule has 1 aliphatic heterocycles. The van der Waals surface area contributed by atoms with Crippen LogP contribution in [0.4, 0.5) is 5.69 Å². The molecule has 1 aliphatic rings. The Morgan fingerprint density at radius 2 is 2.04 bits per heavy atom. The van der Waals surface area contributed by atoms with E-state index in [0.29, 0.717) is 6.54 Å². The highest BCUT2D eigenvalue weighted by molar-refractivity contribution is 5.94. The summed E-state index contributed by atoms with van der Waals surface area (Å²) in [5, 5.41) is 8.11. The molecule has 3 aromatic heterocycles. The van der Waals surface area contributed by atoms with Gasteiger partial charge in [-0.05, 0) is 36.6 Å². The molecule has 26 heavy (non-hydrogen) atoms. The first-order valence-electron chi connectivity index (χ1n) is 8.78. The van der Waals surface area contributed by atoms with Crippen molar-refractivity contribution >= 4 is 11.6 Å². The molecular formula is C19H20N6O. The predicted molar refractivity (Wildman–Crippen MR) is 96.1 cm³/mol. The number of hydrogen-bond donors (Lipinski definition) is 0. The number of aryl methyl sites for hydroxylation is 2. The van der Waals surface area contributed by atoms with Gasteiger partial charge in [-0.3, -0.25) is 14.8 Å². The van der Waals surface area contributed by atoms with Crippen LogP contribution in [0.25, 0.3) is 0 Å². The SMILES string of the molecule is O=C(C1CCc2nncn2CC1)N(Cc1cccnc1)c1ccncc1.